The van der Waals surface area contributed by atoms with Gasteiger partial charge in [0.05, 0.1) is 6.10 Å². The predicted octanol–water partition coefficient (Wildman–Crippen LogP) is 0.236. The largest absolute Gasteiger partial charge is 0.392 e. The number of hydrogen-bond acceptors (Lipinski definition) is 2. The van der Waals surface area contributed by atoms with Crippen LogP contribution in [0.15, 0.2) is 0 Å². The highest BCUT2D eigenvalue weighted by molar-refractivity contribution is 5.81. The fourth-order valence-corrected chi connectivity index (χ4v) is 2.23. The molecule has 3 aliphatic rings. The van der Waals surface area contributed by atoms with Crippen LogP contribution < -0.4 is 0 Å². The third-order valence-corrected chi connectivity index (χ3v) is 2.86. The van der Waals surface area contributed by atoms with Gasteiger partial charge in [-0.3, -0.25) is 4.79 Å². The van der Waals surface area contributed by atoms with Crippen LogP contribution in [0.2, 0.25) is 0 Å². The van der Waals surface area contributed by atoms with Gasteiger partial charge in [-0.2, -0.15) is 0 Å². The van der Waals surface area contributed by atoms with Crippen molar-refractivity contribution in [1.82, 2.24) is 4.90 Å². The number of piperidine rings is 2. The first-order chi connectivity index (χ1) is 5.66. The normalized spacial score (nSPS) is 36.2. The summed E-state index contributed by atoms with van der Waals surface area (Å²) in [6, 6.07) is 0. The van der Waals surface area contributed by atoms with E-state index in [1.54, 1.807) is 6.92 Å². The molecule has 2 bridgehead atoms. The monoisotopic (exact) mass is 169 g/mol. The van der Waals surface area contributed by atoms with Crippen LogP contribution in [0.5, 0.6) is 0 Å². The molecule has 68 valence electrons. The quantitative estimate of drug-likeness (QED) is 0.643. The lowest BCUT2D eigenvalue weighted by Crippen LogP contribution is -2.54. The van der Waals surface area contributed by atoms with Crippen molar-refractivity contribution in [2.45, 2.75) is 25.9 Å². The lowest BCUT2D eigenvalue weighted by Gasteiger charge is -2.46. The molecule has 2 aliphatic heterocycles. The summed E-state index contributed by atoms with van der Waals surface area (Å²) in [6.45, 7) is 3.12. The molecule has 1 saturated carbocycles. The van der Waals surface area contributed by atoms with Crippen LogP contribution in [-0.4, -0.2) is 35.1 Å². The van der Waals surface area contributed by atoms with Crippen LogP contribution in [0.3, 0.4) is 0 Å². The van der Waals surface area contributed by atoms with Crippen molar-refractivity contribution in [3.63, 3.8) is 0 Å². The fourth-order valence-electron chi connectivity index (χ4n) is 2.23. The van der Waals surface area contributed by atoms with Crippen molar-refractivity contribution in [3.8, 4) is 0 Å². The Hall–Kier alpha value is -0.570. The number of nitrogens with zero attached hydrogens (tertiary/aromatic N) is 1. The molecule has 3 heteroatoms. The Bertz CT molecular complexity index is 195. The van der Waals surface area contributed by atoms with E-state index in [2.05, 4.69) is 0 Å². The maximum atomic E-state index is 11.5. The van der Waals surface area contributed by atoms with Crippen LogP contribution >= 0.6 is 0 Å². The molecule has 0 aromatic carbocycles. The molecule has 1 atom stereocenters. The topological polar surface area (TPSA) is 40.5 Å². The fraction of sp³-hybridized carbons (Fsp3) is 0.889. The van der Waals surface area contributed by atoms with E-state index in [0.717, 1.165) is 25.3 Å². The summed E-state index contributed by atoms with van der Waals surface area (Å²) in [6.07, 6.45) is 1.80. The molecular weight excluding hydrogens is 154 g/mol. The minimum absolute atomic E-state index is 0.262. The van der Waals surface area contributed by atoms with Crippen LogP contribution in [0.25, 0.3) is 0 Å². The van der Waals surface area contributed by atoms with Crippen LogP contribution in [0.1, 0.15) is 19.8 Å². The maximum absolute atomic E-state index is 11.5. The van der Waals surface area contributed by atoms with E-state index in [1.807, 2.05) is 4.90 Å². The number of fused-ring (bicyclic) bond motifs is 2. The Morgan fingerprint density at radius 2 is 2.33 bits per heavy atom. The minimum atomic E-state index is -0.383. The molecule has 12 heavy (non-hydrogen) atoms. The van der Waals surface area contributed by atoms with Gasteiger partial charge in [0.15, 0.2) is 0 Å². The SMILES string of the molecule is CC(O)CN1CC2CC(C2)C1=O. The molecule has 3 fully saturated rings. The number of carbonyl (C=O) groups excluding carboxylic acids is 1. The highest BCUT2D eigenvalue weighted by atomic mass is 16.3. The van der Waals surface area contributed by atoms with Gasteiger partial charge in [-0.05, 0) is 25.7 Å². The number of carbonyl (C=O) groups is 1. The predicted molar refractivity (Wildman–Crippen MR) is 44.5 cm³/mol. The van der Waals surface area contributed by atoms with Crippen molar-refractivity contribution in [2.75, 3.05) is 13.1 Å². The average molecular weight is 169 g/mol. The second-order valence-electron chi connectivity index (χ2n) is 4.13. The van der Waals surface area contributed by atoms with Crippen molar-refractivity contribution in [3.05, 3.63) is 0 Å². The smallest absolute Gasteiger partial charge is 0.225 e. The van der Waals surface area contributed by atoms with Crippen LogP contribution in [0.4, 0.5) is 0 Å². The number of hydrogen-bond donors (Lipinski definition) is 1. The van der Waals surface area contributed by atoms with Gasteiger partial charge in [0.25, 0.3) is 0 Å². The van der Waals surface area contributed by atoms with E-state index in [4.69, 9.17) is 5.11 Å². The molecular formula is C9H15NO2. The summed E-state index contributed by atoms with van der Waals surface area (Å²) in [5.74, 6) is 1.28. The van der Waals surface area contributed by atoms with Crippen molar-refractivity contribution >= 4 is 5.91 Å². The Labute approximate surface area is 72.4 Å². The summed E-state index contributed by atoms with van der Waals surface area (Å²) in [7, 11) is 0. The molecule has 1 aliphatic carbocycles. The first-order valence-corrected chi connectivity index (χ1v) is 4.63. The molecule has 0 radical (unpaired) electrons. The number of aliphatic hydroxyl groups is 1. The third kappa shape index (κ3) is 1.22. The molecule has 0 aromatic heterocycles. The van der Waals surface area contributed by atoms with Gasteiger partial charge in [0, 0.05) is 19.0 Å². The minimum Gasteiger partial charge on any atom is -0.392 e. The van der Waals surface area contributed by atoms with Crippen LogP contribution in [-0.2, 0) is 4.79 Å². The average Bonchev–Trinajstić information content (AvgIpc) is 1.89. The van der Waals surface area contributed by atoms with E-state index in [-0.39, 0.29) is 12.0 Å². The second kappa shape index (κ2) is 2.73. The summed E-state index contributed by atoms with van der Waals surface area (Å²) in [5.41, 5.74) is 0. The molecule has 0 aromatic rings. The zero-order valence-corrected chi connectivity index (χ0v) is 7.36. The van der Waals surface area contributed by atoms with E-state index in [9.17, 15) is 4.79 Å². The van der Waals surface area contributed by atoms with Gasteiger partial charge in [-0.25, -0.2) is 0 Å². The Kier molecular flexibility index (Phi) is 1.83. The van der Waals surface area contributed by atoms with E-state index in [1.165, 1.54) is 0 Å². The van der Waals surface area contributed by atoms with Gasteiger partial charge >= 0.3 is 0 Å². The van der Waals surface area contributed by atoms with E-state index in [0.29, 0.717) is 12.5 Å². The molecule has 1 amide bonds. The first kappa shape index (κ1) is 8.05. The number of aliphatic hydroxyl groups excluding tert-OH is 1. The molecule has 2 saturated heterocycles. The first-order valence-electron chi connectivity index (χ1n) is 4.63. The second-order valence-corrected chi connectivity index (χ2v) is 4.13. The summed E-state index contributed by atoms with van der Waals surface area (Å²) in [5, 5.41) is 9.13. The summed E-state index contributed by atoms with van der Waals surface area (Å²) in [4.78, 5) is 13.3. The van der Waals surface area contributed by atoms with Crippen molar-refractivity contribution < 1.29 is 9.90 Å². The zero-order chi connectivity index (χ0) is 8.72. The molecule has 1 N–H and O–H groups in total. The maximum Gasteiger partial charge on any atom is 0.225 e. The Balaban J connectivity index is 1.94. The van der Waals surface area contributed by atoms with Gasteiger partial charge in [0.2, 0.25) is 5.91 Å². The Morgan fingerprint density at radius 1 is 1.67 bits per heavy atom. The Morgan fingerprint density at radius 3 is 2.83 bits per heavy atom. The van der Waals surface area contributed by atoms with Gasteiger partial charge in [0.1, 0.15) is 0 Å². The molecule has 3 rings (SSSR count). The van der Waals surface area contributed by atoms with Crippen molar-refractivity contribution in [2.24, 2.45) is 11.8 Å². The standard InChI is InChI=1S/C9H15NO2/c1-6(11)4-10-5-7-2-8(3-7)9(10)12/h6-8,11H,2-5H2,1H3. The number of amides is 1. The molecule has 2 heterocycles. The van der Waals surface area contributed by atoms with Gasteiger partial charge < -0.3 is 10.0 Å². The third-order valence-electron chi connectivity index (χ3n) is 2.86. The molecule has 0 spiro atoms. The zero-order valence-electron chi connectivity index (χ0n) is 7.36. The number of rotatable bonds is 2. The molecule has 1 unspecified atom stereocenters. The summed E-state index contributed by atoms with van der Waals surface area (Å²) < 4.78 is 0. The van der Waals surface area contributed by atoms with Gasteiger partial charge in [-0.15, -0.1) is 0 Å². The highest BCUT2D eigenvalue weighted by Gasteiger charge is 2.43. The lowest BCUT2D eigenvalue weighted by atomic mass is 9.70. The summed E-state index contributed by atoms with van der Waals surface area (Å²) >= 11 is 0. The van der Waals surface area contributed by atoms with Gasteiger partial charge in [-0.1, -0.05) is 0 Å². The van der Waals surface area contributed by atoms with Crippen LogP contribution in [0, 0.1) is 11.8 Å². The lowest BCUT2D eigenvalue weighted by molar-refractivity contribution is -0.150. The van der Waals surface area contributed by atoms with E-state index < -0.39 is 0 Å². The highest BCUT2D eigenvalue weighted by Crippen LogP contribution is 2.40. The molecule has 3 nitrogen and oxygen atoms in total. The van der Waals surface area contributed by atoms with Crippen molar-refractivity contribution in [1.29, 1.82) is 0 Å². The van der Waals surface area contributed by atoms with E-state index >= 15 is 0 Å².